The number of benzene rings is 2. The molecular weight excluding hydrogens is 290 g/mol. The lowest BCUT2D eigenvalue weighted by atomic mass is 10.0. The van der Waals surface area contributed by atoms with Gasteiger partial charge < -0.3 is 10.4 Å². The quantitative estimate of drug-likeness (QED) is 0.901. The number of aromatic carboxylic acids is 1. The summed E-state index contributed by atoms with van der Waals surface area (Å²) in [5.41, 5.74) is 1.86. The fraction of sp³-hybridized carbons (Fsp3) is 0.125. The average molecular weight is 304 g/mol. The Morgan fingerprint density at radius 1 is 1.14 bits per heavy atom. The highest BCUT2D eigenvalue weighted by molar-refractivity contribution is 6.33. The van der Waals surface area contributed by atoms with E-state index < -0.39 is 5.97 Å². The first kappa shape index (κ1) is 15.1. The summed E-state index contributed by atoms with van der Waals surface area (Å²) < 4.78 is 0. The molecule has 0 bridgehead atoms. The zero-order chi connectivity index (χ0) is 15.4. The average Bonchev–Trinajstić information content (AvgIpc) is 2.48. The largest absolute Gasteiger partial charge is 0.478 e. The summed E-state index contributed by atoms with van der Waals surface area (Å²) in [5, 5.41) is 11.9. The van der Waals surface area contributed by atoms with E-state index in [-0.39, 0.29) is 16.5 Å². The third kappa shape index (κ3) is 3.41. The van der Waals surface area contributed by atoms with Crippen LogP contribution < -0.4 is 5.32 Å². The lowest BCUT2D eigenvalue weighted by molar-refractivity contribution is 0.0696. The predicted octanol–water partition coefficient (Wildman–Crippen LogP) is 3.85. The van der Waals surface area contributed by atoms with Gasteiger partial charge in [0.1, 0.15) is 0 Å². The highest BCUT2D eigenvalue weighted by atomic mass is 35.5. The minimum absolute atomic E-state index is 0.0433. The number of hydrogen-bond acceptors (Lipinski definition) is 2. The monoisotopic (exact) mass is 303 g/mol. The number of carboxylic acids is 1. The molecule has 1 amide bonds. The number of nitrogens with one attached hydrogen (secondary N) is 1. The molecule has 0 radical (unpaired) electrons. The van der Waals surface area contributed by atoms with Gasteiger partial charge >= 0.3 is 5.97 Å². The van der Waals surface area contributed by atoms with Crippen LogP contribution in [0.1, 0.15) is 33.2 Å². The molecule has 2 N–H and O–H groups in total. The van der Waals surface area contributed by atoms with Gasteiger partial charge in [0.2, 0.25) is 0 Å². The topological polar surface area (TPSA) is 66.4 Å². The molecule has 108 valence electrons. The highest BCUT2D eigenvalue weighted by Gasteiger charge is 2.13. The molecule has 0 unspecified atom stereocenters. The van der Waals surface area contributed by atoms with Gasteiger partial charge in [0.15, 0.2) is 0 Å². The van der Waals surface area contributed by atoms with Crippen LogP contribution in [0.2, 0.25) is 5.02 Å². The summed E-state index contributed by atoms with van der Waals surface area (Å²) in [6.45, 7) is 1.97. The smallest absolute Gasteiger partial charge is 0.337 e. The molecule has 0 saturated heterocycles. The normalized spacial score (nSPS) is 10.2. The third-order valence-corrected chi connectivity index (χ3v) is 3.43. The Bertz CT molecular complexity index is 698. The third-order valence-electron chi connectivity index (χ3n) is 3.10. The number of carboxylic acid groups (broad SMARTS) is 1. The van der Waals surface area contributed by atoms with Crippen LogP contribution in [0.25, 0.3) is 0 Å². The summed E-state index contributed by atoms with van der Waals surface area (Å²) in [7, 11) is 0. The molecule has 2 rings (SSSR count). The van der Waals surface area contributed by atoms with E-state index in [0.717, 1.165) is 12.0 Å². The van der Waals surface area contributed by atoms with Crippen molar-refractivity contribution >= 4 is 29.2 Å². The minimum atomic E-state index is -1.13. The maximum atomic E-state index is 12.3. The van der Waals surface area contributed by atoms with Crippen molar-refractivity contribution in [1.82, 2.24) is 0 Å². The zero-order valence-corrected chi connectivity index (χ0v) is 12.1. The molecule has 0 fully saturated rings. The van der Waals surface area contributed by atoms with Crippen molar-refractivity contribution in [2.24, 2.45) is 0 Å². The van der Waals surface area contributed by atoms with Crippen LogP contribution in [0, 0.1) is 0 Å². The molecule has 0 spiro atoms. The van der Waals surface area contributed by atoms with E-state index in [4.69, 9.17) is 16.7 Å². The summed E-state index contributed by atoms with van der Waals surface area (Å²) >= 11 is 5.80. The van der Waals surface area contributed by atoms with Gasteiger partial charge in [-0.05, 0) is 36.2 Å². The molecule has 5 heteroatoms. The van der Waals surface area contributed by atoms with Crippen molar-refractivity contribution in [3.8, 4) is 0 Å². The van der Waals surface area contributed by atoms with Gasteiger partial charge in [-0.15, -0.1) is 0 Å². The van der Waals surface area contributed by atoms with Crippen LogP contribution in [-0.4, -0.2) is 17.0 Å². The van der Waals surface area contributed by atoms with E-state index >= 15 is 0 Å². The van der Waals surface area contributed by atoms with Crippen LogP contribution in [0.3, 0.4) is 0 Å². The number of carbonyl (C=O) groups is 2. The minimum Gasteiger partial charge on any atom is -0.478 e. The second-order valence-electron chi connectivity index (χ2n) is 4.46. The van der Waals surface area contributed by atoms with Crippen molar-refractivity contribution in [3.05, 3.63) is 64.2 Å². The number of hydrogen-bond donors (Lipinski definition) is 2. The van der Waals surface area contributed by atoms with Crippen molar-refractivity contribution in [2.45, 2.75) is 13.3 Å². The standard InChI is InChI=1S/C16H14ClNO3/c1-2-10-5-3-4-6-12(10)15(19)18-11-7-8-14(17)13(9-11)16(20)21/h3-9H,2H2,1H3,(H,18,19)(H,20,21). The molecule has 0 saturated carbocycles. The molecule has 21 heavy (non-hydrogen) atoms. The van der Waals surface area contributed by atoms with Gasteiger partial charge in [-0.3, -0.25) is 4.79 Å². The zero-order valence-electron chi connectivity index (χ0n) is 11.4. The molecule has 0 aliphatic heterocycles. The van der Waals surface area contributed by atoms with E-state index in [9.17, 15) is 9.59 Å². The first-order valence-corrected chi connectivity index (χ1v) is 6.82. The van der Waals surface area contributed by atoms with Crippen LogP contribution in [0.4, 0.5) is 5.69 Å². The maximum absolute atomic E-state index is 12.3. The van der Waals surface area contributed by atoms with E-state index in [1.807, 2.05) is 19.1 Å². The van der Waals surface area contributed by atoms with Crippen LogP contribution in [0.15, 0.2) is 42.5 Å². The second kappa shape index (κ2) is 6.41. The van der Waals surface area contributed by atoms with Crippen molar-refractivity contribution in [3.63, 3.8) is 0 Å². The fourth-order valence-corrected chi connectivity index (χ4v) is 2.21. The van der Waals surface area contributed by atoms with E-state index in [0.29, 0.717) is 11.3 Å². The number of anilines is 1. The van der Waals surface area contributed by atoms with Crippen LogP contribution in [0.5, 0.6) is 0 Å². The molecule has 4 nitrogen and oxygen atoms in total. The van der Waals surface area contributed by atoms with Crippen LogP contribution >= 0.6 is 11.6 Å². The van der Waals surface area contributed by atoms with Crippen molar-refractivity contribution in [2.75, 3.05) is 5.32 Å². The summed E-state index contributed by atoms with van der Waals surface area (Å²) in [4.78, 5) is 23.3. The van der Waals surface area contributed by atoms with Crippen LogP contribution in [-0.2, 0) is 6.42 Å². The SMILES string of the molecule is CCc1ccccc1C(=O)Nc1ccc(Cl)c(C(=O)O)c1. The molecule has 0 atom stereocenters. The molecule has 2 aromatic carbocycles. The van der Waals surface area contributed by atoms with E-state index in [2.05, 4.69) is 5.32 Å². The molecular formula is C16H14ClNO3. The molecule has 0 heterocycles. The molecule has 2 aromatic rings. The number of rotatable bonds is 4. The Labute approximate surface area is 127 Å². The van der Waals surface area contributed by atoms with Gasteiger partial charge in [0.25, 0.3) is 5.91 Å². The van der Waals surface area contributed by atoms with E-state index in [1.165, 1.54) is 12.1 Å². The Morgan fingerprint density at radius 2 is 1.86 bits per heavy atom. The maximum Gasteiger partial charge on any atom is 0.337 e. The lowest BCUT2D eigenvalue weighted by Crippen LogP contribution is -2.14. The molecule has 0 aromatic heterocycles. The Hall–Kier alpha value is -2.33. The Kier molecular flexibility index (Phi) is 4.60. The number of amides is 1. The summed E-state index contributed by atoms with van der Waals surface area (Å²) in [6, 6.07) is 11.7. The van der Waals surface area contributed by atoms with Crippen molar-refractivity contribution < 1.29 is 14.7 Å². The van der Waals surface area contributed by atoms with Gasteiger partial charge in [0, 0.05) is 11.3 Å². The Morgan fingerprint density at radius 3 is 2.52 bits per heavy atom. The number of aryl methyl sites for hydroxylation is 1. The number of carbonyl (C=O) groups excluding carboxylic acids is 1. The fourth-order valence-electron chi connectivity index (χ4n) is 2.02. The van der Waals surface area contributed by atoms with E-state index in [1.54, 1.807) is 18.2 Å². The van der Waals surface area contributed by atoms with Gasteiger partial charge in [0.05, 0.1) is 10.6 Å². The Balaban J connectivity index is 2.28. The first-order chi connectivity index (χ1) is 10.0. The van der Waals surface area contributed by atoms with Gasteiger partial charge in [-0.1, -0.05) is 36.7 Å². The van der Waals surface area contributed by atoms with Crippen molar-refractivity contribution in [1.29, 1.82) is 0 Å². The highest BCUT2D eigenvalue weighted by Crippen LogP contribution is 2.21. The van der Waals surface area contributed by atoms with Gasteiger partial charge in [-0.2, -0.15) is 0 Å². The first-order valence-electron chi connectivity index (χ1n) is 6.45. The number of halogens is 1. The summed E-state index contributed by atoms with van der Waals surface area (Å²) in [5.74, 6) is -1.41. The second-order valence-corrected chi connectivity index (χ2v) is 4.87. The summed E-state index contributed by atoms with van der Waals surface area (Å²) in [6.07, 6.45) is 0.741. The van der Waals surface area contributed by atoms with Gasteiger partial charge in [-0.25, -0.2) is 4.79 Å². The molecule has 0 aliphatic carbocycles. The predicted molar refractivity (Wildman–Crippen MR) is 82.2 cm³/mol. The lowest BCUT2D eigenvalue weighted by Gasteiger charge is -2.10. The molecule has 0 aliphatic rings.